The number of methoxy groups -OCH3 is 1. The number of halogens is 1. The number of rotatable bonds is 6. The minimum absolute atomic E-state index is 0.174. The summed E-state index contributed by atoms with van der Waals surface area (Å²) in [6, 6.07) is 13.2. The van der Waals surface area contributed by atoms with Crippen molar-refractivity contribution in [2.24, 2.45) is 5.73 Å². The Bertz CT molecular complexity index is 661. The van der Waals surface area contributed by atoms with E-state index in [2.05, 4.69) is 5.32 Å². The lowest BCUT2D eigenvalue weighted by Gasteiger charge is -2.18. The predicted octanol–water partition coefficient (Wildman–Crippen LogP) is 2.58. The molecule has 2 atom stereocenters. The van der Waals surface area contributed by atoms with Gasteiger partial charge in [-0.25, -0.2) is 4.39 Å². The Kier molecular flexibility index (Phi) is 5.71. The van der Waals surface area contributed by atoms with Crippen LogP contribution in [0, 0.1) is 5.82 Å². The number of ether oxygens (including phenoxy) is 1. The zero-order chi connectivity index (χ0) is 16.8. The second-order valence-corrected chi connectivity index (χ2v) is 5.42. The molecule has 0 saturated heterocycles. The molecule has 122 valence electrons. The normalized spacial score (nSPS) is 13.2. The molecule has 2 aromatic rings. The lowest BCUT2D eigenvalue weighted by atomic mass is 10.0. The summed E-state index contributed by atoms with van der Waals surface area (Å²) < 4.78 is 18.6. The first kappa shape index (κ1) is 17.0. The van der Waals surface area contributed by atoms with E-state index < -0.39 is 11.9 Å². The van der Waals surface area contributed by atoms with Gasteiger partial charge in [0.25, 0.3) is 0 Å². The molecular weight excluding hydrogens is 295 g/mol. The first-order valence-corrected chi connectivity index (χ1v) is 7.44. The molecule has 2 unspecified atom stereocenters. The van der Waals surface area contributed by atoms with Crippen LogP contribution in [0.25, 0.3) is 0 Å². The third-order valence-corrected chi connectivity index (χ3v) is 3.67. The Labute approximate surface area is 135 Å². The maximum Gasteiger partial charge on any atom is 0.237 e. The van der Waals surface area contributed by atoms with Crippen LogP contribution >= 0.6 is 0 Å². The van der Waals surface area contributed by atoms with Gasteiger partial charge >= 0.3 is 0 Å². The van der Waals surface area contributed by atoms with Crippen LogP contribution < -0.4 is 15.8 Å². The van der Waals surface area contributed by atoms with Gasteiger partial charge in [0.05, 0.1) is 19.2 Å². The van der Waals surface area contributed by atoms with Crippen molar-refractivity contribution in [3.8, 4) is 5.75 Å². The fourth-order valence-electron chi connectivity index (χ4n) is 2.32. The van der Waals surface area contributed by atoms with Gasteiger partial charge < -0.3 is 15.8 Å². The fourth-order valence-corrected chi connectivity index (χ4v) is 2.32. The average Bonchev–Trinajstić information content (AvgIpc) is 2.55. The molecule has 3 N–H and O–H groups in total. The van der Waals surface area contributed by atoms with Crippen LogP contribution in [0.1, 0.15) is 24.1 Å². The molecule has 0 aliphatic heterocycles. The molecule has 0 aliphatic carbocycles. The summed E-state index contributed by atoms with van der Waals surface area (Å²) in [5.74, 6) is -0.551. The molecule has 1 amide bonds. The van der Waals surface area contributed by atoms with E-state index in [0.717, 1.165) is 5.56 Å². The van der Waals surface area contributed by atoms with Crippen LogP contribution in [0.2, 0.25) is 0 Å². The number of hydrogen-bond acceptors (Lipinski definition) is 3. The van der Waals surface area contributed by atoms with Crippen LogP contribution in [-0.4, -0.2) is 19.1 Å². The lowest BCUT2D eigenvalue weighted by molar-refractivity contribution is -0.123. The first-order valence-electron chi connectivity index (χ1n) is 7.44. The standard InChI is InChI=1S/C18H21FN2O2/c1-12(14-8-9-17(23-2)15(19)11-14)21-18(22)16(20)10-13-6-4-3-5-7-13/h3-9,11-12,16H,10,20H2,1-2H3,(H,21,22). The molecule has 23 heavy (non-hydrogen) atoms. The molecule has 0 radical (unpaired) electrons. The van der Waals surface area contributed by atoms with E-state index in [4.69, 9.17) is 10.5 Å². The molecule has 0 fully saturated rings. The topological polar surface area (TPSA) is 64.3 Å². The number of benzene rings is 2. The third-order valence-electron chi connectivity index (χ3n) is 3.67. The molecule has 0 saturated carbocycles. The van der Waals surface area contributed by atoms with Crippen LogP contribution in [0.15, 0.2) is 48.5 Å². The third kappa shape index (κ3) is 4.53. The smallest absolute Gasteiger partial charge is 0.237 e. The molecule has 5 heteroatoms. The lowest BCUT2D eigenvalue weighted by Crippen LogP contribution is -2.42. The summed E-state index contributed by atoms with van der Waals surface area (Å²) in [5, 5.41) is 2.81. The van der Waals surface area contributed by atoms with E-state index in [1.165, 1.54) is 19.2 Å². The summed E-state index contributed by atoms with van der Waals surface area (Å²) in [6.07, 6.45) is 0.455. The van der Waals surface area contributed by atoms with Crippen LogP contribution in [0.3, 0.4) is 0 Å². The second kappa shape index (κ2) is 7.74. The van der Waals surface area contributed by atoms with E-state index in [-0.39, 0.29) is 17.7 Å². The molecule has 4 nitrogen and oxygen atoms in total. The highest BCUT2D eigenvalue weighted by molar-refractivity contribution is 5.82. The Balaban J connectivity index is 1.97. The van der Waals surface area contributed by atoms with Gasteiger partial charge in [0, 0.05) is 0 Å². The molecule has 0 aliphatic rings. The van der Waals surface area contributed by atoms with E-state index in [0.29, 0.717) is 12.0 Å². The molecule has 0 bridgehead atoms. The highest BCUT2D eigenvalue weighted by Gasteiger charge is 2.18. The largest absolute Gasteiger partial charge is 0.494 e. The maximum absolute atomic E-state index is 13.7. The Morgan fingerprint density at radius 3 is 2.57 bits per heavy atom. The highest BCUT2D eigenvalue weighted by atomic mass is 19.1. The van der Waals surface area contributed by atoms with Gasteiger partial charge in [0.1, 0.15) is 0 Å². The van der Waals surface area contributed by atoms with Gasteiger partial charge in [-0.3, -0.25) is 4.79 Å². The van der Waals surface area contributed by atoms with E-state index in [1.807, 2.05) is 30.3 Å². The minimum atomic E-state index is -0.650. The van der Waals surface area contributed by atoms with Crippen molar-refractivity contribution in [2.75, 3.05) is 7.11 Å². The molecule has 2 aromatic carbocycles. The van der Waals surface area contributed by atoms with Gasteiger partial charge in [-0.1, -0.05) is 36.4 Å². The highest BCUT2D eigenvalue weighted by Crippen LogP contribution is 2.21. The van der Waals surface area contributed by atoms with E-state index in [1.54, 1.807) is 13.0 Å². The molecule has 2 rings (SSSR count). The minimum Gasteiger partial charge on any atom is -0.494 e. The maximum atomic E-state index is 13.7. The van der Waals surface area contributed by atoms with Crippen molar-refractivity contribution in [1.82, 2.24) is 5.32 Å². The zero-order valence-electron chi connectivity index (χ0n) is 13.3. The van der Waals surface area contributed by atoms with Crippen molar-refractivity contribution < 1.29 is 13.9 Å². The number of nitrogens with one attached hydrogen (secondary N) is 1. The van der Waals surface area contributed by atoms with Gasteiger partial charge in [-0.2, -0.15) is 0 Å². The number of carbonyl (C=O) groups is 1. The molecular formula is C18H21FN2O2. The predicted molar refractivity (Wildman–Crippen MR) is 87.6 cm³/mol. The SMILES string of the molecule is COc1ccc(C(C)NC(=O)C(N)Cc2ccccc2)cc1F. The Hall–Kier alpha value is -2.40. The van der Waals surface area contributed by atoms with Crippen molar-refractivity contribution in [1.29, 1.82) is 0 Å². The quantitative estimate of drug-likeness (QED) is 0.861. The van der Waals surface area contributed by atoms with Crippen molar-refractivity contribution in [2.45, 2.75) is 25.4 Å². The summed E-state index contributed by atoms with van der Waals surface area (Å²) in [4.78, 5) is 12.2. The van der Waals surface area contributed by atoms with Crippen LogP contribution in [0.4, 0.5) is 4.39 Å². The number of carbonyl (C=O) groups excluding carboxylic acids is 1. The number of hydrogen-bond donors (Lipinski definition) is 2. The average molecular weight is 316 g/mol. The molecule has 0 heterocycles. The number of amides is 1. The Morgan fingerprint density at radius 2 is 1.96 bits per heavy atom. The van der Waals surface area contributed by atoms with Gasteiger partial charge in [-0.15, -0.1) is 0 Å². The van der Waals surface area contributed by atoms with Crippen LogP contribution in [0.5, 0.6) is 5.75 Å². The van der Waals surface area contributed by atoms with Crippen molar-refractivity contribution in [3.05, 3.63) is 65.5 Å². The first-order chi connectivity index (χ1) is 11.0. The Morgan fingerprint density at radius 1 is 1.26 bits per heavy atom. The molecule has 0 aromatic heterocycles. The van der Waals surface area contributed by atoms with Crippen molar-refractivity contribution >= 4 is 5.91 Å². The summed E-state index contributed by atoms with van der Waals surface area (Å²) >= 11 is 0. The van der Waals surface area contributed by atoms with Gasteiger partial charge in [-0.05, 0) is 36.6 Å². The summed E-state index contributed by atoms with van der Waals surface area (Å²) in [7, 11) is 1.41. The molecule has 0 spiro atoms. The fraction of sp³-hybridized carbons (Fsp3) is 0.278. The van der Waals surface area contributed by atoms with E-state index in [9.17, 15) is 9.18 Å². The zero-order valence-corrected chi connectivity index (χ0v) is 13.3. The van der Waals surface area contributed by atoms with Gasteiger partial charge in [0.15, 0.2) is 11.6 Å². The second-order valence-electron chi connectivity index (χ2n) is 5.42. The number of nitrogens with two attached hydrogens (primary N) is 1. The monoisotopic (exact) mass is 316 g/mol. The summed E-state index contributed by atoms with van der Waals surface area (Å²) in [6.45, 7) is 1.79. The van der Waals surface area contributed by atoms with Crippen LogP contribution in [-0.2, 0) is 11.2 Å². The van der Waals surface area contributed by atoms with Crippen molar-refractivity contribution in [3.63, 3.8) is 0 Å². The summed E-state index contributed by atoms with van der Waals surface area (Å²) in [5.41, 5.74) is 7.60. The van der Waals surface area contributed by atoms with E-state index >= 15 is 0 Å². The van der Waals surface area contributed by atoms with Gasteiger partial charge in [0.2, 0.25) is 5.91 Å².